The Balaban J connectivity index is 1.72. The molecule has 1 atom stereocenters. The van der Waals surface area contributed by atoms with Crippen molar-refractivity contribution >= 4 is 0 Å². The Hall–Kier alpha value is -1.10. The molecule has 1 unspecified atom stereocenters. The van der Waals surface area contributed by atoms with Gasteiger partial charge >= 0.3 is 0 Å². The molecule has 1 aliphatic carbocycles. The van der Waals surface area contributed by atoms with Gasteiger partial charge in [-0.1, -0.05) is 18.2 Å². The first-order valence-electron chi connectivity index (χ1n) is 6.50. The highest BCUT2D eigenvalue weighted by Crippen LogP contribution is 2.22. The molecule has 2 rings (SSSR count). The predicted molar refractivity (Wildman–Crippen MR) is 69.4 cm³/mol. The van der Waals surface area contributed by atoms with E-state index in [0.717, 1.165) is 24.2 Å². The maximum Gasteiger partial charge on any atom is 0.123 e. The molecule has 1 aliphatic rings. The lowest BCUT2D eigenvalue weighted by atomic mass is 9.96. The zero-order chi connectivity index (χ0) is 12.8. The molecule has 0 spiro atoms. The third-order valence-electron chi connectivity index (χ3n) is 3.20. The van der Waals surface area contributed by atoms with Crippen LogP contribution in [-0.2, 0) is 11.3 Å². The highest BCUT2D eigenvalue weighted by Gasteiger charge is 2.19. The zero-order valence-corrected chi connectivity index (χ0v) is 10.5. The lowest BCUT2D eigenvalue weighted by Crippen LogP contribution is -2.30. The second kappa shape index (κ2) is 6.73. The van der Waals surface area contributed by atoms with Gasteiger partial charge in [-0.2, -0.15) is 0 Å². The molecular weight excluding hydrogens is 230 g/mol. The quantitative estimate of drug-likeness (QED) is 0.770. The van der Waals surface area contributed by atoms with Gasteiger partial charge in [-0.15, -0.1) is 0 Å². The maximum atomic E-state index is 9.76. The Morgan fingerprint density at radius 2 is 2.06 bits per heavy atom. The van der Waals surface area contributed by atoms with Gasteiger partial charge in [0.05, 0.1) is 12.7 Å². The van der Waals surface area contributed by atoms with Crippen LogP contribution in [0.25, 0.3) is 0 Å². The van der Waals surface area contributed by atoms with Crippen LogP contribution < -0.4 is 10.5 Å². The lowest BCUT2D eigenvalue weighted by molar-refractivity contribution is -0.0520. The third kappa shape index (κ3) is 3.70. The second-order valence-electron chi connectivity index (χ2n) is 4.66. The van der Waals surface area contributed by atoms with Gasteiger partial charge in [-0.25, -0.2) is 0 Å². The van der Waals surface area contributed by atoms with E-state index in [-0.39, 0.29) is 6.61 Å². The van der Waals surface area contributed by atoms with Gasteiger partial charge in [0.2, 0.25) is 0 Å². The molecule has 0 aliphatic heterocycles. The Morgan fingerprint density at radius 3 is 2.72 bits per heavy atom. The monoisotopic (exact) mass is 251 g/mol. The van der Waals surface area contributed by atoms with Gasteiger partial charge < -0.3 is 20.3 Å². The van der Waals surface area contributed by atoms with Crippen LogP contribution >= 0.6 is 0 Å². The molecule has 0 radical (unpaired) electrons. The third-order valence-corrected chi connectivity index (χ3v) is 3.20. The molecule has 0 saturated heterocycles. The number of para-hydroxylation sites is 1. The van der Waals surface area contributed by atoms with Gasteiger partial charge in [0, 0.05) is 12.1 Å². The van der Waals surface area contributed by atoms with E-state index >= 15 is 0 Å². The zero-order valence-electron chi connectivity index (χ0n) is 10.5. The molecule has 100 valence electrons. The van der Waals surface area contributed by atoms with E-state index in [0.29, 0.717) is 19.3 Å². The smallest absolute Gasteiger partial charge is 0.123 e. The summed E-state index contributed by atoms with van der Waals surface area (Å²) >= 11 is 0. The van der Waals surface area contributed by atoms with Gasteiger partial charge in [0.15, 0.2) is 0 Å². The minimum Gasteiger partial charge on any atom is -0.490 e. The summed E-state index contributed by atoms with van der Waals surface area (Å²) in [5.74, 6) is 0.739. The summed E-state index contributed by atoms with van der Waals surface area (Å²) in [6.45, 7) is 1.02. The highest BCUT2D eigenvalue weighted by molar-refractivity contribution is 5.32. The summed E-state index contributed by atoms with van der Waals surface area (Å²) in [4.78, 5) is 0. The summed E-state index contributed by atoms with van der Waals surface area (Å²) in [5, 5.41) is 9.76. The molecule has 3 N–H and O–H groups in total. The Bertz CT molecular complexity index is 366. The summed E-state index contributed by atoms with van der Waals surface area (Å²) in [6, 6.07) is 7.60. The summed E-state index contributed by atoms with van der Waals surface area (Å²) in [7, 11) is 0. The molecule has 0 aromatic heterocycles. The summed E-state index contributed by atoms with van der Waals surface area (Å²) < 4.78 is 11.1. The second-order valence-corrected chi connectivity index (χ2v) is 4.66. The van der Waals surface area contributed by atoms with Gasteiger partial charge in [-0.05, 0) is 25.3 Å². The van der Waals surface area contributed by atoms with Gasteiger partial charge in [0.1, 0.15) is 18.5 Å². The van der Waals surface area contributed by atoms with Crippen molar-refractivity contribution in [1.82, 2.24) is 0 Å². The first-order chi connectivity index (χ1) is 8.79. The highest BCUT2D eigenvalue weighted by atomic mass is 16.5. The lowest BCUT2D eigenvalue weighted by Gasteiger charge is -2.26. The van der Waals surface area contributed by atoms with Crippen LogP contribution in [-0.4, -0.2) is 30.5 Å². The van der Waals surface area contributed by atoms with Crippen LogP contribution in [0.15, 0.2) is 24.3 Å². The van der Waals surface area contributed by atoms with Crippen molar-refractivity contribution in [3.63, 3.8) is 0 Å². The van der Waals surface area contributed by atoms with E-state index < -0.39 is 6.10 Å². The standard InChI is InChI=1S/C14H21NO3/c15-8-11-4-1-2-7-14(11)18-10-12(16)9-17-13-5-3-6-13/h1-2,4,7,12-13,16H,3,5-6,8-10,15H2. The largest absolute Gasteiger partial charge is 0.490 e. The average molecular weight is 251 g/mol. The molecule has 4 nitrogen and oxygen atoms in total. The number of rotatable bonds is 7. The van der Waals surface area contributed by atoms with Crippen molar-refractivity contribution in [2.45, 2.75) is 38.0 Å². The van der Waals surface area contributed by atoms with Crippen molar-refractivity contribution in [2.24, 2.45) is 5.73 Å². The Kier molecular flexibility index (Phi) is 4.99. The normalized spacial score (nSPS) is 17.2. The van der Waals surface area contributed by atoms with Crippen LogP contribution in [0.1, 0.15) is 24.8 Å². The summed E-state index contributed by atoms with van der Waals surface area (Å²) in [6.07, 6.45) is 3.22. The molecule has 18 heavy (non-hydrogen) atoms. The SMILES string of the molecule is NCc1ccccc1OCC(O)COC1CCC1. The van der Waals surface area contributed by atoms with Crippen molar-refractivity contribution < 1.29 is 14.6 Å². The minimum atomic E-state index is -0.587. The van der Waals surface area contributed by atoms with E-state index in [9.17, 15) is 5.11 Å². The van der Waals surface area contributed by atoms with Crippen molar-refractivity contribution in [2.75, 3.05) is 13.2 Å². The fourth-order valence-electron chi connectivity index (χ4n) is 1.83. The molecule has 0 heterocycles. The number of hydrogen-bond donors (Lipinski definition) is 2. The number of ether oxygens (including phenoxy) is 2. The first-order valence-corrected chi connectivity index (χ1v) is 6.50. The number of aliphatic hydroxyl groups excluding tert-OH is 1. The van der Waals surface area contributed by atoms with Crippen LogP contribution in [0.2, 0.25) is 0 Å². The number of nitrogens with two attached hydrogens (primary N) is 1. The fraction of sp³-hybridized carbons (Fsp3) is 0.571. The fourth-order valence-corrected chi connectivity index (χ4v) is 1.83. The predicted octanol–water partition coefficient (Wildman–Crippen LogP) is 1.45. The van der Waals surface area contributed by atoms with E-state index in [4.69, 9.17) is 15.2 Å². The van der Waals surface area contributed by atoms with E-state index in [1.54, 1.807) is 0 Å². The Morgan fingerprint density at radius 1 is 1.28 bits per heavy atom. The Labute approximate surface area is 108 Å². The van der Waals surface area contributed by atoms with Crippen LogP contribution in [0, 0.1) is 0 Å². The average Bonchev–Trinajstić information content (AvgIpc) is 2.35. The molecular formula is C14H21NO3. The molecule has 1 saturated carbocycles. The van der Waals surface area contributed by atoms with E-state index in [1.165, 1.54) is 6.42 Å². The molecule has 1 aromatic rings. The van der Waals surface area contributed by atoms with Crippen LogP contribution in [0.3, 0.4) is 0 Å². The first kappa shape index (κ1) is 13.3. The van der Waals surface area contributed by atoms with Crippen LogP contribution in [0.5, 0.6) is 5.75 Å². The minimum absolute atomic E-state index is 0.240. The molecule has 1 fully saturated rings. The van der Waals surface area contributed by atoms with Gasteiger partial charge in [-0.3, -0.25) is 0 Å². The van der Waals surface area contributed by atoms with Gasteiger partial charge in [0.25, 0.3) is 0 Å². The molecule has 1 aromatic carbocycles. The van der Waals surface area contributed by atoms with Crippen LogP contribution in [0.4, 0.5) is 0 Å². The van der Waals surface area contributed by atoms with Crippen molar-refractivity contribution in [1.29, 1.82) is 0 Å². The topological polar surface area (TPSA) is 64.7 Å². The number of aliphatic hydroxyl groups is 1. The van der Waals surface area contributed by atoms with Crippen molar-refractivity contribution in [3.05, 3.63) is 29.8 Å². The number of benzene rings is 1. The maximum absolute atomic E-state index is 9.76. The molecule has 0 bridgehead atoms. The van der Waals surface area contributed by atoms with E-state index in [2.05, 4.69) is 0 Å². The molecule has 0 amide bonds. The number of hydrogen-bond acceptors (Lipinski definition) is 4. The molecule has 4 heteroatoms. The van der Waals surface area contributed by atoms with Crippen molar-refractivity contribution in [3.8, 4) is 5.75 Å². The van der Waals surface area contributed by atoms with E-state index in [1.807, 2.05) is 24.3 Å². The summed E-state index contributed by atoms with van der Waals surface area (Å²) in [5.41, 5.74) is 6.56.